The molecule has 0 saturated carbocycles. The summed E-state index contributed by atoms with van der Waals surface area (Å²) in [5.74, 6) is -3.36. The predicted molar refractivity (Wildman–Crippen MR) is 73.5 cm³/mol. The fourth-order valence-electron chi connectivity index (χ4n) is 1.74. The second kappa shape index (κ2) is 7.91. The molecule has 120 valence electrons. The lowest BCUT2D eigenvalue weighted by molar-refractivity contribution is -0.385. The minimum Gasteiger partial charge on any atom is -0.481 e. The van der Waals surface area contributed by atoms with Crippen molar-refractivity contribution in [3.8, 4) is 5.88 Å². The summed E-state index contributed by atoms with van der Waals surface area (Å²) in [5, 5.41) is 10.9. The van der Waals surface area contributed by atoms with Gasteiger partial charge in [0.05, 0.1) is 25.2 Å². The first kappa shape index (κ1) is 17.3. The summed E-state index contributed by atoms with van der Waals surface area (Å²) in [4.78, 5) is 38.0. The van der Waals surface area contributed by atoms with Crippen molar-refractivity contribution >= 4 is 17.6 Å². The number of nitrogens with zero attached hydrogens (tertiary/aromatic N) is 2. The van der Waals surface area contributed by atoms with E-state index in [0.29, 0.717) is 0 Å². The summed E-state index contributed by atoms with van der Waals surface area (Å²) in [5.41, 5.74) is -0.456. The Kier molecular flexibility index (Phi) is 6.24. The first-order valence-corrected chi connectivity index (χ1v) is 6.47. The molecule has 1 aromatic rings. The van der Waals surface area contributed by atoms with Crippen LogP contribution in [0, 0.1) is 10.1 Å². The van der Waals surface area contributed by atoms with E-state index in [1.165, 1.54) is 7.11 Å². The van der Waals surface area contributed by atoms with Gasteiger partial charge in [-0.3, -0.25) is 19.7 Å². The lowest BCUT2D eigenvalue weighted by atomic mass is 10.00. The molecule has 0 atom stereocenters. The molecule has 1 heterocycles. The van der Waals surface area contributed by atoms with Gasteiger partial charge in [0.25, 0.3) is 5.69 Å². The van der Waals surface area contributed by atoms with Crippen LogP contribution in [0.5, 0.6) is 5.88 Å². The molecule has 0 aliphatic rings. The maximum Gasteiger partial charge on any atom is 0.325 e. The molecule has 0 aliphatic heterocycles. The molecule has 22 heavy (non-hydrogen) atoms. The van der Waals surface area contributed by atoms with Crippen LogP contribution in [0.1, 0.15) is 25.3 Å². The van der Waals surface area contributed by atoms with Crippen molar-refractivity contribution in [3.05, 3.63) is 27.9 Å². The minimum atomic E-state index is -1.50. The average molecular weight is 312 g/mol. The third kappa shape index (κ3) is 3.90. The topological polar surface area (TPSA) is 118 Å². The van der Waals surface area contributed by atoms with Crippen LogP contribution in [0.2, 0.25) is 0 Å². The van der Waals surface area contributed by atoms with Gasteiger partial charge in [-0.1, -0.05) is 0 Å². The van der Waals surface area contributed by atoms with E-state index in [-0.39, 0.29) is 30.3 Å². The van der Waals surface area contributed by atoms with E-state index >= 15 is 0 Å². The van der Waals surface area contributed by atoms with Gasteiger partial charge in [-0.05, 0) is 13.8 Å². The fraction of sp³-hybridized carbons (Fsp3) is 0.462. The van der Waals surface area contributed by atoms with Gasteiger partial charge in [0.15, 0.2) is 5.92 Å². The van der Waals surface area contributed by atoms with Crippen LogP contribution in [0.3, 0.4) is 0 Å². The minimum absolute atomic E-state index is 0.0411. The number of aromatic nitrogens is 1. The molecule has 0 N–H and O–H groups in total. The molecule has 0 bridgehead atoms. The van der Waals surface area contributed by atoms with E-state index in [0.717, 1.165) is 12.3 Å². The average Bonchev–Trinajstić information content (AvgIpc) is 2.47. The maximum absolute atomic E-state index is 12.0. The smallest absolute Gasteiger partial charge is 0.325 e. The van der Waals surface area contributed by atoms with E-state index in [1.54, 1.807) is 13.8 Å². The number of ether oxygens (including phenoxy) is 3. The predicted octanol–water partition coefficient (Wildman–Crippen LogP) is 1.21. The first-order chi connectivity index (χ1) is 10.5. The van der Waals surface area contributed by atoms with Crippen LogP contribution in [-0.2, 0) is 19.1 Å². The summed E-state index contributed by atoms with van der Waals surface area (Å²) in [7, 11) is 1.27. The number of nitro groups is 1. The molecule has 0 radical (unpaired) electrons. The van der Waals surface area contributed by atoms with Gasteiger partial charge in [-0.15, -0.1) is 0 Å². The number of hydrogen-bond donors (Lipinski definition) is 0. The summed E-state index contributed by atoms with van der Waals surface area (Å²) < 4.78 is 14.6. The largest absolute Gasteiger partial charge is 0.481 e. The first-order valence-electron chi connectivity index (χ1n) is 6.47. The lowest BCUT2D eigenvalue weighted by Gasteiger charge is -2.16. The number of pyridine rings is 1. The zero-order valence-corrected chi connectivity index (χ0v) is 12.4. The van der Waals surface area contributed by atoms with Crippen molar-refractivity contribution < 1.29 is 28.7 Å². The molecule has 0 amide bonds. The van der Waals surface area contributed by atoms with Gasteiger partial charge in [-0.25, -0.2) is 4.98 Å². The lowest BCUT2D eigenvalue weighted by Crippen LogP contribution is -2.27. The second-order valence-electron chi connectivity index (χ2n) is 3.99. The van der Waals surface area contributed by atoms with E-state index < -0.39 is 22.8 Å². The van der Waals surface area contributed by atoms with Crippen molar-refractivity contribution in [1.29, 1.82) is 0 Å². The maximum atomic E-state index is 12.0. The van der Waals surface area contributed by atoms with Crippen molar-refractivity contribution in [2.24, 2.45) is 0 Å². The van der Waals surface area contributed by atoms with Crippen LogP contribution >= 0.6 is 0 Å². The highest BCUT2D eigenvalue weighted by Crippen LogP contribution is 2.30. The van der Waals surface area contributed by atoms with Gasteiger partial charge in [0.1, 0.15) is 6.20 Å². The normalized spacial score (nSPS) is 10.2. The van der Waals surface area contributed by atoms with Crippen molar-refractivity contribution in [3.63, 3.8) is 0 Å². The molecule has 9 nitrogen and oxygen atoms in total. The molecular weight excluding hydrogens is 296 g/mol. The fourth-order valence-corrected chi connectivity index (χ4v) is 1.74. The third-order valence-corrected chi connectivity index (χ3v) is 2.62. The molecular formula is C13H16N2O7. The molecule has 9 heteroatoms. The van der Waals surface area contributed by atoms with E-state index in [9.17, 15) is 19.7 Å². The Labute approximate surface area is 126 Å². The Balaban J connectivity index is 3.38. The quantitative estimate of drug-likeness (QED) is 0.319. The summed E-state index contributed by atoms with van der Waals surface area (Å²) in [6.45, 7) is 3.23. The van der Waals surface area contributed by atoms with E-state index in [1.807, 2.05) is 0 Å². The van der Waals surface area contributed by atoms with Crippen LogP contribution < -0.4 is 4.74 Å². The third-order valence-electron chi connectivity index (χ3n) is 2.62. The Hall–Kier alpha value is -2.71. The highest BCUT2D eigenvalue weighted by atomic mass is 16.6. The molecule has 0 saturated heterocycles. The van der Waals surface area contributed by atoms with E-state index in [4.69, 9.17) is 14.2 Å². The van der Waals surface area contributed by atoms with Gasteiger partial charge in [-0.2, -0.15) is 0 Å². The molecule has 1 aromatic heterocycles. The number of rotatable bonds is 7. The highest BCUT2D eigenvalue weighted by molar-refractivity contribution is 6.01. The molecule has 0 unspecified atom stereocenters. The Morgan fingerprint density at radius 2 is 1.82 bits per heavy atom. The summed E-state index contributed by atoms with van der Waals surface area (Å²) >= 11 is 0. The second-order valence-corrected chi connectivity index (χ2v) is 3.99. The van der Waals surface area contributed by atoms with Gasteiger partial charge < -0.3 is 14.2 Å². The van der Waals surface area contributed by atoms with Crippen molar-refractivity contribution in [1.82, 2.24) is 4.98 Å². The highest BCUT2D eigenvalue weighted by Gasteiger charge is 2.35. The zero-order chi connectivity index (χ0) is 16.7. The van der Waals surface area contributed by atoms with Crippen molar-refractivity contribution in [2.75, 3.05) is 20.3 Å². The standard InChI is InChI=1S/C13H16N2O7/c1-4-21-12(16)10(13(17)22-5-2)9-6-8(15(18)19)7-14-11(9)20-3/h6-7,10H,4-5H2,1-3H3. The number of carbonyl (C=O) groups excluding carboxylic acids is 2. The van der Waals surface area contributed by atoms with Gasteiger partial charge >= 0.3 is 11.9 Å². The number of esters is 2. The Morgan fingerprint density at radius 3 is 2.23 bits per heavy atom. The van der Waals surface area contributed by atoms with Crippen LogP contribution in [-0.4, -0.2) is 42.2 Å². The molecule has 0 fully saturated rings. The SMILES string of the molecule is CCOC(=O)C(C(=O)OCC)c1cc([N+](=O)[O-])cnc1OC. The molecule has 0 aliphatic carbocycles. The summed E-state index contributed by atoms with van der Waals surface area (Å²) in [6.07, 6.45) is 0.968. The number of methoxy groups -OCH3 is 1. The van der Waals surface area contributed by atoms with Gasteiger partial charge in [0.2, 0.25) is 5.88 Å². The Bertz CT molecular complexity index is 556. The molecule has 0 aromatic carbocycles. The zero-order valence-electron chi connectivity index (χ0n) is 12.4. The van der Waals surface area contributed by atoms with Crippen molar-refractivity contribution in [2.45, 2.75) is 19.8 Å². The van der Waals surface area contributed by atoms with Crippen LogP contribution in [0.25, 0.3) is 0 Å². The molecule has 0 spiro atoms. The molecule has 1 rings (SSSR count). The Morgan fingerprint density at radius 1 is 1.27 bits per heavy atom. The number of carbonyl (C=O) groups is 2. The van der Waals surface area contributed by atoms with Crippen LogP contribution in [0.15, 0.2) is 12.3 Å². The number of hydrogen-bond acceptors (Lipinski definition) is 8. The van der Waals surface area contributed by atoms with E-state index in [2.05, 4.69) is 4.98 Å². The monoisotopic (exact) mass is 312 g/mol. The van der Waals surface area contributed by atoms with Gasteiger partial charge in [0, 0.05) is 11.6 Å². The van der Waals surface area contributed by atoms with Crippen LogP contribution in [0.4, 0.5) is 5.69 Å². The summed E-state index contributed by atoms with van der Waals surface area (Å²) in [6, 6.07) is 1.05.